The average Bonchev–Trinajstić information content (AvgIpc) is 2.99. The minimum absolute atomic E-state index is 0.0706. The number of rotatable bonds is 12. The second kappa shape index (κ2) is 14.4. The zero-order valence-electron chi connectivity index (χ0n) is 24.5. The van der Waals surface area contributed by atoms with E-state index >= 15 is 0 Å². The molecule has 43 heavy (non-hydrogen) atoms. The van der Waals surface area contributed by atoms with Crippen molar-refractivity contribution in [1.82, 2.24) is 10.2 Å². The Hall–Kier alpha value is -4.14. The molecule has 4 aromatic rings. The van der Waals surface area contributed by atoms with Crippen LogP contribution in [0.2, 0.25) is 5.02 Å². The highest BCUT2D eigenvalue weighted by atomic mass is 35.5. The summed E-state index contributed by atoms with van der Waals surface area (Å²) in [6, 6.07) is 29.1. The summed E-state index contributed by atoms with van der Waals surface area (Å²) in [5, 5.41) is 3.41. The van der Waals surface area contributed by atoms with Gasteiger partial charge in [0.05, 0.1) is 10.6 Å². The fourth-order valence-corrected chi connectivity index (χ4v) is 6.31. The predicted octanol–water partition coefficient (Wildman–Crippen LogP) is 5.93. The van der Waals surface area contributed by atoms with Gasteiger partial charge in [0.25, 0.3) is 10.0 Å². The molecule has 0 aliphatic carbocycles. The highest BCUT2D eigenvalue weighted by Crippen LogP contribution is 2.26. The number of sulfonamides is 1. The van der Waals surface area contributed by atoms with Crippen LogP contribution >= 0.6 is 11.6 Å². The number of aryl methyl sites for hydroxylation is 2. The van der Waals surface area contributed by atoms with Gasteiger partial charge in [-0.2, -0.15) is 0 Å². The summed E-state index contributed by atoms with van der Waals surface area (Å²) >= 11 is 6.12. The van der Waals surface area contributed by atoms with Crippen molar-refractivity contribution in [3.05, 3.63) is 130 Å². The molecule has 1 N–H and O–H groups in total. The van der Waals surface area contributed by atoms with E-state index in [-0.39, 0.29) is 23.8 Å². The first kappa shape index (κ1) is 31.8. The summed E-state index contributed by atoms with van der Waals surface area (Å²) in [6.07, 6.45) is 0.251. The number of carbonyl (C=O) groups is 2. The number of benzene rings is 4. The molecule has 7 nitrogen and oxygen atoms in total. The molecule has 0 aliphatic heterocycles. The molecular formula is C34H36ClN3O4S. The number of likely N-dealkylation sites (N-methyl/N-ethyl adjacent to an activating group) is 1. The van der Waals surface area contributed by atoms with E-state index in [4.69, 9.17) is 11.6 Å². The normalized spacial score (nSPS) is 11.9. The lowest BCUT2D eigenvalue weighted by Gasteiger charge is -2.34. The number of carbonyl (C=O) groups excluding carboxylic acids is 2. The van der Waals surface area contributed by atoms with Crippen molar-refractivity contribution in [2.24, 2.45) is 0 Å². The monoisotopic (exact) mass is 617 g/mol. The van der Waals surface area contributed by atoms with Gasteiger partial charge in [-0.25, -0.2) is 8.42 Å². The zero-order valence-corrected chi connectivity index (χ0v) is 26.1. The van der Waals surface area contributed by atoms with Gasteiger partial charge in [-0.15, -0.1) is 0 Å². The van der Waals surface area contributed by atoms with Gasteiger partial charge in [0, 0.05) is 24.5 Å². The smallest absolute Gasteiger partial charge is 0.264 e. The van der Waals surface area contributed by atoms with Gasteiger partial charge >= 0.3 is 0 Å². The number of amides is 2. The van der Waals surface area contributed by atoms with Gasteiger partial charge in [-0.05, 0) is 73.9 Å². The van der Waals surface area contributed by atoms with Crippen LogP contribution in [0.15, 0.2) is 108 Å². The molecule has 0 aromatic heterocycles. The van der Waals surface area contributed by atoms with Crippen LogP contribution in [0.3, 0.4) is 0 Å². The number of nitrogens with one attached hydrogen (secondary N) is 1. The highest BCUT2D eigenvalue weighted by Gasteiger charge is 2.34. The molecule has 0 fully saturated rings. The first-order chi connectivity index (χ1) is 20.6. The molecule has 9 heteroatoms. The van der Waals surface area contributed by atoms with Crippen LogP contribution in [0.25, 0.3) is 0 Å². The van der Waals surface area contributed by atoms with Crippen LogP contribution < -0.4 is 9.62 Å². The van der Waals surface area contributed by atoms with Crippen LogP contribution in [-0.2, 0) is 32.6 Å². The van der Waals surface area contributed by atoms with Crippen LogP contribution in [0.5, 0.6) is 0 Å². The third-order valence-electron chi connectivity index (χ3n) is 7.07. The summed E-state index contributed by atoms with van der Waals surface area (Å²) in [6.45, 7) is 5.51. The lowest BCUT2D eigenvalue weighted by molar-refractivity contribution is -0.140. The lowest BCUT2D eigenvalue weighted by atomic mass is 10.0. The molecule has 4 aromatic carbocycles. The van der Waals surface area contributed by atoms with E-state index in [1.54, 1.807) is 54.6 Å². The maximum Gasteiger partial charge on any atom is 0.264 e. The molecule has 0 radical (unpaired) electrons. The molecule has 2 amide bonds. The van der Waals surface area contributed by atoms with Gasteiger partial charge in [0.1, 0.15) is 12.6 Å². The van der Waals surface area contributed by atoms with Crippen LogP contribution in [0.4, 0.5) is 5.69 Å². The maximum absolute atomic E-state index is 14.4. The molecule has 0 spiro atoms. The molecule has 0 saturated heterocycles. The number of halogens is 1. The molecule has 4 rings (SSSR count). The van der Waals surface area contributed by atoms with Gasteiger partial charge in [-0.3, -0.25) is 13.9 Å². The number of nitrogens with zero attached hydrogens (tertiary/aromatic N) is 2. The fourth-order valence-electron chi connectivity index (χ4n) is 4.78. The van der Waals surface area contributed by atoms with Gasteiger partial charge in [-0.1, -0.05) is 83.9 Å². The molecule has 0 bridgehead atoms. The maximum atomic E-state index is 14.4. The average molecular weight is 618 g/mol. The SMILES string of the molecule is CCNC(=O)[C@H](Cc1ccccc1)N(Cc1ccc(Cl)cc1)C(=O)CN(c1cccc(C)c1)S(=O)(=O)c1ccc(C)cc1. The number of anilines is 1. The molecular weight excluding hydrogens is 582 g/mol. The largest absolute Gasteiger partial charge is 0.355 e. The Morgan fingerprint density at radius 2 is 1.49 bits per heavy atom. The fraction of sp³-hybridized carbons (Fsp3) is 0.235. The number of hydrogen-bond donors (Lipinski definition) is 1. The molecule has 1 atom stereocenters. The quantitative estimate of drug-likeness (QED) is 0.214. The summed E-state index contributed by atoms with van der Waals surface area (Å²) in [7, 11) is -4.14. The Kier molecular flexibility index (Phi) is 10.6. The molecule has 0 unspecified atom stereocenters. The van der Waals surface area contributed by atoms with Crippen molar-refractivity contribution in [2.45, 2.75) is 44.7 Å². The molecule has 224 valence electrons. The molecule has 0 saturated carbocycles. The first-order valence-corrected chi connectivity index (χ1v) is 15.9. The van der Waals surface area contributed by atoms with Crippen molar-refractivity contribution in [3.63, 3.8) is 0 Å². The van der Waals surface area contributed by atoms with Crippen molar-refractivity contribution in [2.75, 3.05) is 17.4 Å². The minimum Gasteiger partial charge on any atom is -0.355 e. The van der Waals surface area contributed by atoms with E-state index in [9.17, 15) is 18.0 Å². The Morgan fingerprint density at radius 1 is 0.814 bits per heavy atom. The third kappa shape index (κ3) is 8.24. The van der Waals surface area contributed by atoms with E-state index < -0.39 is 28.5 Å². The van der Waals surface area contributed by atoms with E-state index in [2.05, 4.69) is 5.32 Å². The second-order valence-corrected chi connectivity index (χ2v) is 12.7. The molecule has 0 heterocycles. The second-order valence-electron chi connectivity index (χ2n) is 10.4. The molecule has 0 aliphatic rings. The minimum atomic E-state index is -4.14. The Bertz CT molecular complexity index is 1640. The summed E-state index contributed by atoms with van der Waals surface area (Å²) < 4.78 is 29.3. The van der Waals surface area contributed by atoms with Gasteiger partial charge in [0.15, 0.2) is 0 Å². The third-order valence-corrected chi connectivity index (χ3v) is 9.11. The lowest BCUT2D eigenvalue weighted by Crippen LogP contribution is -2.53. The first-order valence-electron chi connectivity index (χ1n) is 14.1. The Balaban J connectivity index is 1.79. The van der Waals surface area contributed by atoms with Crippen LogP contribution in [0.1, 0.15) is 29.2 Å². The topological polar surface area (TPSA) is 86.8 Å². The van der Waals surface area contributed by atoms with E-state index in [0.717, 1.165) is 26.6 Å². The van der Waals surface area contributed by atoms with Crippen LogP contribution in [-0.4, -0.2) is 44.3 Å². The Labute approximate surface area is 259 Å². The highest BCUT2D eigenvalue weighted by molar-refractivity contribution is 7.92. The number of hydrogen-bond acceptors (Lipinski definition) is 4. The van der Waals surface area contributed by atoms with Crippen molar-refractivity contribution < 1.29 is 18.0 Å². The zero-order chi connectivity index (χ0) is 31.0. The van der Waals surface area contributed by atoms with Crippen molar-refractivity contribution >= 4 is 39.1 Å². The standard InChI is InChI=1S/C34H36ClN3O4S/c1-4-36-34(40)32(22-27-10-6-5-7-11-27)37(23-28-15-17-29(35)18-16-28)33(39)24-38(30-12-8-9-26(3)21-30)43(41,42)31-19-13-25(2)14-20-31/h5-21,32H,4,22-24H2,1-3H3,(H,36,40)/t32-/m0/s1. The summed E-state index contributed by atoms with van der Waals surface area (Å²) in [5.74, 6) is -0.837. The van der Waals surface area contributed by atoms with E-state index in [1.165, 1.54) is 17.0 Å². The van der Waals surface area contributed by atoms with E-state index in [1.807, 2.05) is 57.2 Å². The van der Waals surface area contributed by atoms with Gasteiger partial charge < -0.3 is 10.2 Å². The van der Waals surface area contributed by atoms with Crippen LogP contribution in [0, 0.1) is 13.8 Å². The van der Waals surface area contributed by atoms with Crippen molar-refractivity contribution in [3.8, 4) is 0 Å². The Morgan fingerprint density at radius 3 is 2.12 bits per heavy atom. The summed E-state index contributed by atoms with van der Waals surface area (Å²) in [4.78, 5) is 29.4. The predicted molar refractivity (Wildman–Crippen MR) is 172 cm³/mol. The van der Waals surface area contributed by atoms with E-state index in [0.29, 0.717) is 17.3 Å². The summed E-state index contributed by atoms with van der Waals surface area (Å²) in [5.41, 5.74) is 3.74. The van der Waals surface area contributed by atoms with Gasteiger partial charge in [0.2, 0.25) is 11.8 Å². The van der Waals surface area contributed by atoms with Crippen molar-refractivity contribution in [1.29, 1.82) is 0 Å².